The summed E-state index contributed by atoms with van der Waals surface area (Å²) in [4.78, 5) is 0. The number of rotatable bonds is 3. The van der Waals surface area contributed by atoms with Crippen LogP contribution in [0, 0.1) is 5.92 Å². The summed E-state index contributed by atoms with van der Waals surface area (Å²) in [7, 11) is 0. The quantitative estimate of drug-likeness (QED) is 0.781. The first kappa shape index (κ1) is 12.5. The molecule has 0 spiro atoms. The van der Waals surface area contributed by atoms with Crippen LogP contribution in [0.2, 0.25) is 0 Å². The Morgan fingerprint density at radius 3 is 2.53 bits per heavy atom. The van der Waals surface area contributed by atoms with E-state index in [-0.39, 0.29) is 17.6 Å². The Morgan fingerprint density at radius 1 is 1.47 bits per heavy atom. The molecule has 0 aromatic carbocycles. The minimum Gasteiger partial charge on any atom is -0.381 e. The average molecular weight is 215 g/mol. The number of hydrogen-bond donors (Lipinski definition) is 1. The zero-order valence-corrected chi connectivity index (χ0v) is 10.1. The van der Waals surface area contributed by atoms with Crippen molar-refractivity contribution in [2.24, 2.45) is 5.92 Å². The molecule has 3 atom stereocenters. The highest BCUT2D eigenvalue weighted by molar-refractivity contribution is 5.12. The second kappa shape index (κ2) is 4.52. The van der Waals surface area contributed by atoms with E-state index >= 15 is 0 Å². The standard InChI is InChI=1S/C12H22FNO/c1-6-9-10(7-15-12(3,4)5)14-8(2)11(9)13/h9-11,14H,2,6-7H2,1,3-5H3/t9-,10+,11+/m0/s1. The lowest BCUT2D eigenvalue weighted by Gasteiger charge is -2.25. The topological polar surface area (TPSA) is 21.3 Å². The van der Waals surface area contributed by atoms with Crippen LogP contribution in [-0.2, 0) is 4.74 Å². The highest BCUT2D eigenvalue weighted by atomic mass is 19.1. The lowest BCUT2D eigenvalue weighted by Crippen LogP contribution is -2.35. The molecular weight excluding hydrogens is 193 g/mol. The molecule has 1 aliphatic heterocycles. The lowest BCUT2D eigenvalue weighted by molar-refractivity contribution is -0.0193. The Hall–Kier alpha value is -0.570. The van der Waals surface area contributed by atoms with E-state index in [1.165, 1.54) is 0 Å². The summed E-state index contributed by atoms with van der Waals surface area (Å²) in [5.41, 5.74) is 0.333. The Kier molecular flexibility index (Phi) is 3.77. The molecule has 1 fully saturated rings. The minimum absolute atomic E-state index is 0.000139. The molecule has 0 bridgehead atoms. The van der Waals surface area contributed by atoms with E-state index in [1.54, 1.807) is 0 Å². The number of ether oxygens (including phenoxy) is 1. The molecular formula is C12H22FNO. The fraction of sp³-hybridized carbons (Fsp3) is 0.833. The fourth-order valence-corrected chi connectivity index (χ4v) is 1.88. The Bertz CT molecular complexity index is 234. The first-order chi connectivity index (χ1) is 6.85. The van der Waals surface area contributed by atoms with E-state index in [1.807, 2.05) is 27.7 Å². The molecule has 1 saturated heterocycles. The summed E-state index contributed by atoms with van der Waals surface area (Å²) in [5.74, 6) is -0.000139. The van der Waals surface area contributed by atoms with Crippen LogP contribution < -0.4 is 5.32 Å². The van der Waals surface area contributed by atoms with Crippen LogP contribution in [0.1, 0.15) is 34.1 Å². The van der Waals surface area contributed by atoms with E-state index in [9.17, 15) is 4.39 Å². The molecule has 88 valence electrons. The van der Waals surface area contributed by atoms with Gasteiger partial charge in [-0.25, -0.2) is 4.39 Å². The van der Waals surface area contributed by atoms with Crippen molar-refractivity contribution in [3.05, 3.63) is 12.3 Å². The molecule has 1 N–H and O–H groups in total. The van der Waals surface area contributed by atoms with Gasteiger partial charge in [-0.05, 0) is 27.2 Å². The maximum absolute atomic E-state index is 13.6. The molecule has 0 aliphatic carbocycles. The molecule has 0 saturated carbocycles. The third-order valence-corrected chi connectivity index (χ3v) is 2.76. The summed E-state index contributed by atoms with van der Waals surface area (Å²) in [6, 6.07) is 0.0664. The molecule has 1 rings (SSSR count). The molecule has 2 nitrogen and oxygen atoms in total. The van der Waals surface area contributed by atoms with E-state index in [0.717, 1.165) is 6.42 Å². The highest BCUT2D eigenvalue weighted by Gasteiger charge is 2.38. The smallest absolute Gasteiger partial charge is 0.144 e. The third kappa shape index (κ3) is 3.20. The van der Waals surface area contributed by atoms with Crippen molar-refractivity contribution in [3.63, 3.8) is 0 Å². The van der Waals surface area contributed by atoms with Gasteiger partial charge < -0.3 is 10.1 Å². The van der Waals surface area contributed by atoms with Crippen LogP contribution in [-0.4, -0.2) is 24.4 Å². The van der Waals surface area contributed by atoms with Crippen LogP contribution in [0.25, 0.3) is 0 Å². The molecule has 0 aromatic rings. The van der Waals surface area contributed by atoms with E-state index in [2.05, 4.69) is 11.9 Å². The number of alkyl halides is 1. The van der Waals surface area contributed by atoms with Crippen LogP contribution in [0.5, 0.6) is 0 Å². The predicted octanol–water partition coefficient (Wildman–Crippen LogP) is 2.65. The largest absolute Gasteiger partial charge is 0.381 e. The van der Waals surface area contributed by atoms with Crippen molar-refractivity contribution in [1.29, 1.82) is 0 Å². The van der Waals surface area contributed by atoms with Crippen LogP contribution in [0.15, 0.2) is 12.3 Å². The van der Waals surface area contributed by atoms with Gasteiger partial charge in [0.25, 0.3) is 0 Å². The summed E-state index contributed by atoms with van der Waals surface area (Å²) in [6.45, 7) is 12.2. The van der Waals surface area contributed by atoms with Crippen molar-refractivity contribution in [2.75, 3.05) is 6.61 Å². The van der Waals surface area contributed by atoms with E-state index in [4.69, 9.17) is 4.74 Å². The molecule has 0 aromatic heterocycles. The SMILES string of the molecule is C=C1N[C@H](COC(C)(C)C)[C@H](CC)[C@@H]1F. The Morgan fingerprint density at radius 2 is 2.07 bits per heavy atom. The van der Waals surface area contributed by atoms with Gasteiger partial charge in [-0.2, -0.15) is 0 Å². The lowest BCUT2D eigenvalue weighted by atomic mass is 9.96. The highest BCUT2D eigenvalue weighted by Crippen LogP contribution is 2.29. The summed E-state index contributed by atoms with van der Waals surface area (Å²) in [5, 5.41) is 3.08. The summed E-state index contributed by atoms with van der Waals surface area (Å²) >= 11 is 0. The second-order valence-corrected chi connectivity index (χ2v) is 5.17. The molecule has 1 aliphatic rings. The predicted molar refractivity (Wildman–Crippen MR) is 60.4 cm³/mol. The van der Waals surface area contributed by atoms with Gasteiger partial charge in [0.05, 0.1) is 18.2 Å². The average Bonchev–Trinajstić information content (AvgIpc) is 2.38. The van der Waals surface area contributed by atoms with Crippen molar-refractivity contribution in [1.82, 2.24) is 5.32 Å². The number of nitrogens with one attached hydrogen (secondary N) is 1. The first-order valence-corrected chi connectivity index (χ1v) is 5.58. The van der Waals surface area contributed by atoms with Gasteiger partial charge in [-0.3, -0.25) is 0 Å². The van der Waals surface area contributed by atoms with Crippen LogP contribution in [0.3, 0.4) is 0 Å². The Labute approximate surface area is 91.9 Å². The van der Waals surface area contributed by atoms with Gasteiger partial charge >= 0.3 is 0 Å². The molecule has 1 heterocycles. The number of hydrogen-bond acceptors (Lipinski definition) is 2. The van der Waals surface area contributed by atoms with Crippen molar-refractivity contribution < 1.29 is 9.13 Å². The van der Waals surface area contributed by atoms with Crippen LogP contribution >= 0.6 is 0 Å². The van der Waals surface area contributed by atoms with E-state index < -0.39 is 6.17 Å². The Balaban J connectivity index is 2.52. The molecule has 0 amide bonds. The van der Waals surface area contributed by atoms with Crippen molar-refractivity contribution >= 4 is 0 Å². The zero-order chi connectivity index (χ0) is 11.6. The van der Waals surface area contributed by atoms with Gasteiger partial charge in [0.1, 0.15) is 6.17 Å². The zero-order valence-electron chi connectivity index (χ0n) is 10.1. The monoisotopic (exact) mass is 215 g/mol. The van der Waals surface area contributed by atoms with Crippen LogP contribution in [0.4, 0.5) is 4.39 Å². The third-order valence-electron chi connectivity index (χ3n) is 2.76. The van der Waals surface area contributed by atoms with Crippen molar-refractivity contribution in [3.8, 4) is 0 Å². The fourth-order valence-electron chi connectivity index (χ4n) is 1.88. The first-order valence-electron chi connectivity index (χ1n) is 5.58. The summed E-state index contributed by atoms with van der Waals surface area (Å²) in [6.07, 6.45) is -0.116. The molecule has 0 radical (unpaired) electrons. The van der Waals surface area contributed by atoms with Gasteiger partial charge in [-0.15, -0.1) is 0 Å². The summed E-state index contributed by atoms with van der Waals surface area (Å²) < 4.78 is 19.3. The minimum atomic E-state index is -0.927. The molecule has 0 unspecified atom stereocenters. The maximum atomic E-state index is 13.6. The van der Waals surface area contributed by atoms with Gasteiger partial charge in [0.15, 0.2) is 0 Å². The number of halogens is 1. The maximum Gasteiger partial charge on any atom is 0.144 e. The van der Waals surface area contributed by atoms with E-state index in [0.29, 0.717) is 12.3 Å². The van der Waals surface area contributed by atoms with Crippen molar-refractivity contribution in [2.45, 2.75) is 51.9 Å². The number of allylic oxidation sites excluding steroid dienone is 1. The van der Waals surface area contributed by atoms with Gasteiger partial charge in [-0.1, -0.05) is 13.5 Å². The molecule has 15 heavy (non-hydrogen) atoms. The molecule has 3 heteroatoms. The van der Waals surface area contributed by atoms with Gasteiger partial charge in [0.2, 0.25) is 0 Å². The van der Waals surface area contributed by atoms with Gasteiger partial charge in [0, 0.05) is 11.6 Å². The second-order valence-electron chi connectivity index (χ2n) is 5.17. The normalized spacial score (nSPS) is 31.8.